The fourth-order valence-corrected chi connectivity index (χ4v) is 2.95. The number of imidazole rings is 1. The Hall–Kier alpha value is -1.82. The van der Waals surface area contributed by atoms with Crippen molar-refractivity contribution >= 4 is 29.2 Å². The molecule has 2 aromatic rings. The van der Waals surface area contributed by atoms with E-state index in [1.165, 1.54) is 0 Å². The maximum Gasteiger partial charge on any atom is 0.245 e. The lowest BCUT2D eigenvalue weighted by Gasteiger charge is -2.24. The number of rotatable bonds is 5. The molecule has 0 aliphatic carbocycles. The van der Waals surface area contributed by atoms with Crippen molar-refractivity contribution in [2.24, 2.45) is 0 Å². The Labute approximate surface area is 129 Å². The highest BCUT2D eigenvalue weighted by Gasteiger charge is 2.23. The molecule has 0 aliphatic heterocycles. The summed E-state index contributed by atoms with van der Waals surface area (Å²) in [6, 6.07) is 5.36. The third-order valence-electron chi connectivity index (χ3n) is 3.75. The van der Waals surface area contributed by atoms with Crippen LogP contribution < -0.4 is 4.74 Å². The molecule has 1 amide bonds. The Balaban J connectivity index is 2.54. The molecule has 114 valence electrons. The minimum absolute atomic E-state index is 0.0693. The van der Waals surface area contributed by atoms with E-state index in [0.717, 1.165) is 16.8 Å². The Kier molecular flexibility index (Phi) is 4.67. The summed E-state index contributed by atoms with van der Waals surface area (Å²) in [6.07, 6.45) is 0. The van der Waals surface area contributed by atoms with Gasteiger partial charge in [0, 0.05) is 13.1 Å². The minimum atomic E-state index is -0.349. The predicted molar refractivity (Wildman–Crippen MR) is 86.3 cm³/mol. The second kappa shape index (κ2) is 6.30. The molecule has 1 atom stereocenters. The van der Waals surface area contributed by atoms with Gasteiger partial charge >= 0.3 is 0 Å². The predicted octanol–water partition coefficient (Wildman–Crippen LogP) is 3.14. The van der Waals surface area contributed by atoms with Gasteiger partial charge in [-0.3, -0.25) is 4.79 Å². The molecule has 1 heterocycles. The van der Waals surface area contributed by atoms with Crippen LogP contribution in [0.2, 0.25) is 0 Å². The van der Waals surface area contributed by atoms with Gasteiger partial charge in [-0.25, -0.2) is 0 Å². The van der Waals surface area contributed by atoms with Crippen LogP contribution in [0.5, 0.6) is 5.75 Å². The number of ether oxygens (including phenoxy) is 1. The van der Waals surface area contributed by atoms with E-state index < -0.39 is 0 Å². The smallest absolute Gasteiger partial charge is 0.245 e. The number of para-hydroxylation sites is 1. The molecule has 0 spiro atoms. The van der Waals surface area contributed by atoms with Gasteiger partial charge in [0.1, 0.15) is 17.3 Å². The molecule has 0 bridgehead atoms. The fraction of sp³-hybridized carbons (Fsp3) is 0.467. The molecule has 1 N–H and O–H groups in total. The Bertz CT molecular complexity index is 700. The number of nitrogens with one attached hydrogen (secondary N) is 1. The summed E-state index contributed by atoms with van der Waals surface area (Å²) in [4.78, 5) is 17.5. The lowest BCUT2D eigenvalue weighted by molar-refractivity contribution is -0.133. The number of carbonyl (C=O) groups is 1. The van der Waals surface area contributed by atoms with Crippen LogP contribution in [-0.4, -0.2) is 40.6 Å². The van der Waals surface area contributed by atoms with Crippen LogP contribution in [0.1, 0.15) is 26.8 Å². The van der Waals surface area contributed by atoms with E-state index in [-0.39, 0.29) is 11.9 Å². The van der Waals surface area contributed by atoms with Crippen LogP contribution >= 0.6 is 12.2 Å². The van der Waals surface area contributed by atoms with E-state index in [1.54, 1.807) is 7.11 Å². The largest absolute Gasteiger partial charge is 0.494 e. The molecule has 1 aromatic heterocycles. The van der Waals surface area contributed by atoms with E-state index in [0.29, 0.717) is 17.9 Å². The Morgan fingerprint density at radius 1 is 1.43 bits per heavy atom. The van der Waals surface area contributed by atoms with E-state index in [1.807, 2.05) is 48.4 Å². The van der Waals surface area contributed by atoms with Crippen LogP contribution in [0.25, 0.3) is 11.0 Å². The van der Waals surface area contributed by atoms with Crippen LogP contribution in [0.4, 0.5) is 0 Å². The molecule has 0 fully saturated rings. The third-order valence-corrected chi connectivity index (χ3v) is 4.05. The zero-order chi connectivity index (χ0) is 15.6. The van der Waals surface area contributed by atoms with Crippen molar-refractivity contribution in [2.45, 2.75) is 26.8 Å². The monoisotopic (exact) mass is 307 g/mol. The zero-order valence-corrected chi connectivity index (χ0v) is 13.7. The number of H-pyrrole nitrogens is 1. The second-order valence-electron chi connectivity index (χ2n) is 4.84. The first kappa shape index (κ1) is 15.6. The first-order chi connectivity index (χ1) is 10.0. The van der Waals surface area contributed by atoms with Crippen LogP contribution in [-0.2, 0) is 4.79 Å². The number of carbonyl (C=O) groups excluding carboxylic acids is 1. The number of aromatic amines is 1. The van der Waals surface area contributed by atoms with Gasteiger partial charge < -0.3 is 19.2 Å². The zero-order valence-electron chi connectivity index (χ0n) is 12.8. The van der Waals surface area contributed by atoms with Gasteiger partial charge in [0.25, 0.3) is 0 Å². The minimum Gasteiger partial charge on any atom is -0.494 e. The average Bonchev–Trinajstić information content (AvgIpc) is 2.83. The quantitative estimate of drug-likeness (QED) is 0.863. The van der Waals surface area contributed by atoms with Crippen LogP contribution in [0.3, 0.4) is 0 Å². The summed E-state index contributed by atoms with van der Waals surface area (Å²) in [5.41, 5.74) is 1.71. The molecule has 0 saturated heterocycles. The standard InChI is InChI=1S/C15H21N3O2S/c1-5-17(6-2)14(19)10(3)18-11-8-7-9-12(20-4)13(11)16-15(18)21/h7-10H,5-6H2,1-4H3,(H,16,21). The van der Waals surface area contributed by atoms with Crippen molar-refractivity contribution in [3.8, 4) is 5.75 Å². The van der Waals surface area contributed by atoms with Gasteiger partial charge in [-0.2, -0.15) is 0 Å². The number of benzene rings is 1. The van der Waals surface area contributed by atoms with E-state index in [2.05, 4.69) is 4.98 Å². The molecule has 0 aliphatic rings. The van der Waals surface area contributed by atoms with Gasteiger partial charge in [0.05, 0.1) is 12.6 Å². The molecular weight excluding hydrogens is 286 g/mol. The maximum absolute atomic E-state index is 12.6. The number of hydrogen-bond acceptors (Lipinski definition) is 3. The molecule has 6 heteroatoms. The number of aromatic nitrogens is 2. The molecule has 1 unspecified atom stereocenters. The van der Waals surface area contributed by atoms with Crippen LogP contribution in [0, 0.1) is 4.77 Å². The number of nitrogens with zero attached hydrogens (tertiary/aromatic N) is 2. The van der Waals surface area contributed by atoms with Gasteiger partial charge in [0.15, 0.2) is 4.77 Å². The highest BCUT2D eigenvalue weighted by Crippen LogP contribution is 2.27. The topological polar surface area (TPSA) is 50.3 Å². The molecule has 5 nitrogen and oxygen atoms in total. The van der Waals surface area contributed by atoms with Crippen molar-refractivity contribution in [1.82, 2.24) is 14.5 Å². The lowest BCUT2D eigenvalue weighted by Crippen LogP contribution is -2.36. The molecule has 2 rings (SSSR count). The van der Waals surface area contributed by atoms with Crippen LogP contribution in [0.15, 0.2) is 18.2 Å². The summed E-state index contributed by atoms with van der Waals surface area (Å²) < 4.78 is 7.72. The maximum atomic E-state index is 12.6. The second-order valence-corrected chi connectivity index (χ2v) is 5.23. The van der Waals surface area contributed by atoms with Gasteiger partial charge in [-0.05, 0) is 45.1 Å². The van der Waals surface area contributed by atoms with Gasteiger partial charge in [-0.15, -0.1) is 0 Å². The Morgan fingerprint density at radius 2 is 2.10 bits per heavy atom. The van der Waals surface area contributed by atoms with Crippen molar-refractivity contribution in [3.05, 3.63) is 23.0 Å². The summed E-state index contributed by atoms with van der Waals surface area (Å²) >= 11 is 5.40. The summed E-state index contributed by atoms with van der Waals surface area (Å²) in [5.74, 6) is 0.791. The van der Waals surface area contributed by atoms with Crippen molar-refractivity contribution in [1.29, 1.82) is 0 Å². The molecule has 0 radical (unpaired) electrons. The number of likely N-dealkylation sites (N-methyl/N-ethyl adjacent to an activating group) is 1. The Morgan fingerprint density at radius 3 is 2.67 bits per heavy atom. The van der Waals surface area contributed by atoms with Crippen molar-refractivity contribution < 1.29 is 9.53 Å². The first-order valence-electron chi connectivity index (χ1n) is 7.11. The van der Waals surface area contributed by atoms with Gasteiger partial charge in [0.2, 0.25) is 5.91 Å². The normalized spacial score (nSPS) is 12.4. The summed E-state index contributed by atoms with van der Waals surface area (Å²) in [5, 5.41) is 0. The highest BCUT2D eigenvalue weighted by molar-refractivity contribution is 7.71. The number of methoxy groups -OCH3 is 1. The lowest BCUT2D eigenvalue weighted by atomic mass is 10.2. The van der Waals surface area contributed by atoms with Gasteiger partial charge in [-0.1, -0.05) is 6.07 Å². The SMILES string of the molecule is CCN(CC)C(=O)C(C)n1c(=S)[nH]c2c(OC)cccc21. The summed E-state index contributed by atoms with van der Waals surface area (Å²) in [6.45, 7) is 7.22. The number of hydrogen-bond donors (Lipinski definition) is 1. The van der Waals surface area contributed by atoms with E-state index in [4.69, 9.17) is 17.0 Å². The first-order valence-corrected chi connectivity index (χ1v) is 7.51. The highest BCUT2D eigenvalue weighted by atomic mass is 32.1. The third kappa shape index (κ3) is 2.68. The molecule has 21 heavy (non-hydrogen) atoms. The summed E-state index contributed by atoms with van der Waals surface area (Å²) in [7, 11) is 1.62. The molecule has 0 saturated carbocycles. The van der Waals surface area contributed by atoms with E-state index >= 15 is 0 Å². The molecule has 1 aromatic carbocycles. The fourth-order valence-electron chi connectivity index (χ4n) is 2.59. The van der Waals surface area contributed by atoms with Crippen molar-refractivity contribution in [3.63, 3.8) is 0 Å². The number of fused-ring (bicyclic) bond motifs is 1. The number of amides is 1. The van der Waals surface area contributed by atoms with E-state index in [9.17, 15) is 4.79 Å². The average molecular weight is 307 g/mol. The molecular formula is C15H21N3O2S. The van der Waals surface area contributed by atoms with Crippen molar-refractivity contribution in [2.75, 3.05) is 20.2 Å².